The molecule has 6 amide bonds. The summed E-state index contributed by atoms with van der Waals surface area (Å²) in [4.78, 5) is 94.5. The van der Waals surface area contributed by atoms with E-state index in [4.69, 9.17) is 4.42 Å². The molecule has 0 spiro atoms. The number of carbonyl (C=O) groups excluding carboxylic acids is 6. The topological polar surface area (TPSA) is 207 Å². The van der Waals surface area contributed by atoms with E-state index in [0.717, 1.165) is 47.1 Å². The van der Waals surface area contributed by atoms with Gasteiger partial charge in [-0.05, 0) is 105 Å². The Morgan fingerprint density at radius 2 is 1.34 bits per heavy atom. The van der Waals surface area contributed by atoms with Crippen LogP contribution < -0.4 is 31.9 Å². The Labute approximate surface area is 431 Å². The molecule has 3 aromatic carbocycles. The minimum Gasteiger partial charge on any atom is -0.444 e. The summed E-state index contributed by atoms with van der Waals surface area (Å²) in [6.07, 6.45) is 5.13. The highest BCUT2D eigenvalue weighted by atomic mass is 16.4. The molecule has 2 aliphatic heterocycles. The monoisotopic (exact) mass is 1000 g/mol. The summed E-state index contributed by atoms with van der Waals surface area (Å²) in [5.41, 5.74) is 4.38. The first kappa shape index (κ1) is 54.4. The molecule has 6 N–H and O–H groups in total. The molecule has 0 bridgehead atoms. The van der Waals surface area contributed by atoms with Gasteiger partial charge in [0.2, 0.25) is 41.3 Å². The van der Waals surface area contributed by atoms with Gasteiger partial charge in [-0.15, -0.1) is 0 Å². The fraction of sp³-hybridized carbons (Fsp3) is 0.526. The third-order valence-electron chi connectivity index (χ3n) is 15.0. The van der Waals surface area contributed by atoms with E-state index in [-0.39, 0.29) is 73.3 Å². The molecule has 3 aliphatic rings. The van der Waals surface area contributed by atoms with Crippen LogP contribution >= 0.6 is 0 Å². The van der Waals surface area contributed by atoms with E-state index in [0.29, 0.717) is 18.1 Å². The molecule has 1 aromatic heterocycles. The molecule has 9 atom stereocenters. The largest absolute Gasteiger partial charge is 0.444 e. The zero-order valence-corrected chi connectivity index (χ0v) is 44.6. The molecule has 4 aromatic rings. The predicted molar refractivity (Wildman–Crippen MR) is 280 cm³/mol. The van der Waals surface area contributed by atoms with Crippen LogP contribution in [0.5, 0.6) is 0 Å². The molecule has 1 saturated heterocycles. The standard InChI is InChI=1S/C57H77N9O7/c1-33-30-60-53(73-33)44(26-36-18-13-12-14-19-36)62-52(70)46-29-41(32-66(46)55(72)48(57(7,8)9)64-50(68)35(3)59-11)38-24-25-39-28-45(51(69)61-43-23-17-21-37-20-15-16-22-42(37)43)65(31-40(39)27-38)54(71)47(56(4,5)6)63-49(67)34(2)58-10/h12-16,18-20,22,24-25,27,30,34-35,41,43-48,58-59H,17,21,23,26,28-29,31-32H2,1-11H3,(H,61,69)(H,62,70)(H,63,67)(H,64,68)/t34-,35-,41-,43+,44-,45-,46-,47+,48+/m0/s1. The average Bonchev–Trinajstić information content (AvgIpc) is 4.02. The number of hydrogen-bond donors (Lipinski definition) is 6. The van der Waals surface area contributed by atoms with Crippen molar-refractivity contribution in [1.29, 1.82) is 0 Å². The van der Waals surface area contributed by atoms with Crippen LogP contribution in [0.1, 0.15) is 138 Å². The number of likely N-dealkylation sites (N-methyl/N-ethyl adjacent to an activating group) is 2. The van der Waals surface area contributed by atoms with E-state index in [1.807, 2.05) is 102 Å². The Morgan fingerprint density at radius 3 is 1.95 bits per heavy atom. The molecule has 1 fully saturated rings. The summed E-state index contributed by atoms with van der Waals surface area (Å²) in [7, 11) is 3.36. The van der Waals surface area contributed by atoms with Crippen LogP contribution in [-0.2, 0) is 54.6 Å². The molecule has 392 valence electrons. The third kappa shape index (κ3) is 12.7. The van der Waals surface area contributed by atoms with Gasteiger partial charge < -0.3 is 46.1 Å². The molecule has 7 rings (SSSR count). The fourth-order valence-electron chi connectivity index (χ4n) is 10.3. The number of hydrogen-bond acceptors (Lipinski definition) is 10. The highest BCUT2D eigenvalue weighted by molar-refractivity contribution is 5.95. The van der Waals surface area contributed by atoms with E-state index in [1.54, 1.807) is 50.9 Å². The van der Waals surface area contributed by atoms with Gasteiger partial charge >= 0.3 is 0 Å². The number of rotatable bonds is 16. The second-order valence-corrected chi connectivity index (χ2v) is 22.5. The van der Waals surface area contributed by atoms with E-state index in [9.17, 15) is 19.2 Å². The van der Waals surface area contributed by atoms with Gasteiger partial charge in [-0.25, -0.2) is 4.98 Å². The van der Waals surface area contributed by atoms with Crippen molar-refractivity contribution < 1.29 is 33.2 Å². The lowest BCUT2D eigenvalue weighted by Gasteiger charge is -2.42. The Hall–Kier alpha value is -6.39. The number of benzene rings is 3. The Balaban J connectivity index is 1.24. The number of aryl methyl sites for hydroxylation is 2. The van der Waals surface area contributed by atoms with E-state index in [1.165, 1.54) is 5.56 Å². The number of nitrogens with one attached hydrogen (secondary N) is 6. The molecule has 0 radical (unpaired) electrons. The Bertz CT molecular complexity index is 2640. The molecular formula is C57H77N9O7. The van der Waals surface area contributed by atoms with Gasteiger partial charge in [-0.3, -0.25) is 28.8 Å². The SMILES string of the molecule is CN[C@@H](C)C(=O)N[C@H](C(=O)N1C[C@@H](c2ccc3c(c2)CN(C(=O)[C@@H](NC(=O)[C@H](C)NC)C(C)(C)C)[C@H](C(=O)N[C@@H]2CCCc4ccccc42)C3)C[C@H]1C(=O)N[C@@H](Cc1ccccc1)c1ncc(C)o1)C(C)(C)C. The van der Waals surface area contributed by atoms with Gasteiger partial charge in [-0.1, -0.05) is 114 Å². The molecule has 16 nitrogen and oxygen atoms in total. The number of oxazole rings is 1. The first-order chi connectivity index (χ1) is 34.6. The van der Waals surface area contributed by atoms with E-state index < -0.39 is 53.1 Å². The number of nitrogens with zero attached hydrogens (tertiary/aromatic N) is 3. The minimum absolute atomic E-state index is 0.0865. The summed E-state index contributed by atoms with van der Waals surface area (Å²) in [6, 6.07) is 18.2. The lowest BCUT2D eigenvalue weighted by Crippen LogP contribution is -2.62. The van der Waals surface area contributed by atoms with Crippen LogP contribution in [0.15, 0.2) is 83.4 Å². The molecule has 73 heavy (non-hydrogen) atoms. The zero-order valence-electron chi connectivity index (χ0n) is 44.6. The van der Waals surface area contributed by atoms with Crippen molar-refractivity contribution in [2.24, 2.45) is 10.8 Å². The smallest absolute Gasteiger partial charge is 0.246 e. The minimum atomic E-state index is -0.972. The van der Waals surface area contributed by atoms with Crippen molar-refractivity contribution in [3.8, 4) is 0 Å². The van der Waals surface area contributed by atoms with Crippen LogP contribution in [0.4, 0.5) is 0 Å². The summed E-state index contributed by atoms with van der Waals surface area (Å²) in [6.45, 7) is 16.9. The predicted octanol–water partition coefficient (Wildman–Crippen LogP) is 5.49. The maximum atomic E-state index is 15.2. The quantitative estimate of drug-likeness (QED) is 0.0833. The van der Waals surface area contributed by atoms with Crippen molar-refractivity contribution in [3.05, 3.63) is 124 Å². The number of fused-ring (bicyclic) bond motifs is 2. The Kier molecular flexibility index (Phi) is 17.0. The molecular weight excluding hydrogens is 923 g/mol. The normalized spacial score (nSPS) is 20.9. The second kappa shape index (κ2) is 22.8. The van der Waals surface area contributed by atoms with Crippen molar-refractivity contribution in [1.82, 2.24) is 46.7 Å². The van der Waals surface area contributed by atoms with Crippen LogP contribution in [0, 0.1) is 17.8 Å². The third-order valence-corrected chi connectivity index (χ3v) is 15.0. The number of amides is 6. The highest BCUT2D eigenvalue weighted by Crippen LogP contribution is 2.38. The van der Waals surface area contributed by atoms with Gasteiger partial charge in [-0.2, -0.15) is 0 Å². The van der Waals surface area contributed by atoms with Crippen molar-refractivity contribution >= 4 is 35.4 Å². The first-order valence-electron chi connectivity index (χ1n) is 25.9. The van der Waals surface area contributed by atoms with E-state index >= 15 is 9.59 Å². The summed E-state index contributed by atoms with van der Waals surface area (Å²) >= 11 is 0. The lowest BCUT2D eigenvalue weighted by atomic mass is 9.83. The highest BCUT2D eigenvalue weighted by Gasteiger charge is 2.47. The van der Waals surface area contributed by atoms with Gasteiger partial charge in [0.25, 0.3) is 0 Å². The van der Waals surface area contributed by atoms with Gasteiger partial charge in [0.1, 0.15) is 36.0 Å². The second-order valence-electron chi connectivity index (χ2n) is 22.5. The summed E-state index contributed by atoms with van der Waals surface area (Å²) in [5, 5.41) is 18.4. The number of carbonyl (C=O) groups is 6. The van der Waals surface area contributed by atoms with Crippen LogP contribution in [0.3, 0.4) is 0 Å². The molecule has 16 heteroatoms. The lowest BCUT2D eigenvalue weighted by molar-refractivity contribution is -0.147. The molecule has 0 saturated carbocycles. The van der Waals surface area contributed by atoms with Gasteiger partial charge in [0.15, 0.2) is 0 Å². The first-order valence-corrected chi connectivity index (χ1v) is 25.9. The van der Waals surface area contributed by atoms with Gasteiger partial charge in [0, 0.05) is 31.8 Å². The average molecular weight is 1000 g/mol. The maximum Gasteiger partial charge on any atom is 0.246 e. The van der Waals surface area contributed by atoms with Crippen LogP contribution in [0.2, 0.25) is 0 Å². The number of aromatic nitrogens is 1. The zero-order chi connectivity index (χ0) is 52.9. The Morgan fingerprint density at radius 1 is 0.726 bits per heavy atom. The van der Waals surface area contributed by atoms with Crippen LogP contribution in [-0.4, -0.2) is 107 Å². The van der Waals surface area contributed by atoms with Crippen molar-refractivity contribution in [2.75, 3.05) is 20.6 Å². The number of likely N-dealkylation sites (tertiary alicyclic amines) is 1. The van der Waals surface area contributed by atoms with Crippen LogP contribution in [0.25, 0.3) is 0 Å². The molecule has 1 aliphatic carbocycles. The molecule has 3 heterocycles. The maximum absolute atomic E-state index is 15.2. The van der Waals surface area contributed by atoms with Gasteiger partial charge in [0.05, 0.1) is 24.3 Å². The van der Waals surface area contributed by atoms with E-state index in [2.05, 4.69) is 49.0 Å². The summed E-state index contributed by atoms with van der Waals surface area (Å²) in [5.74, 6) is -1.48. The molecule has 0 unspecified atom stereocenters. The summed E-state index contributed by atoms with van der Waals surface area (Å²) < 4.78 is 5.99. The van der Waals surface area contributed by atoms with Crippen molar-refractivity contribution in [3.63, 3.8) is 0 Å². The fourth-order valence-corrected chi connectivity index (χ4v) is 10.3. The van der Waals surface area contributed by atoms with Crippen molar-refractivity contribution in [2.45, 2.75) is 162 Å².